The van der Waals surface area contributed by atoms with E-state index >= 15 is 0 Å². The maximum Gasteiger partial charge on any atom is 0.251 e. The lowest BCUT2D eigenvalue weighted by molar-refractivity contribution is 0.0950. The molecule has 0 saturated heterocycles. The van der Waals surface area contributed by atoms with Gasteiger partial charge >= 0.3 is 0 Å². The van der Waals surface area contributed by atoms with Crippen LogP contribution in [0.5, 0.6) is 0 Å². The molecule has 0 unspecified atom stereocenters. The smallest absolute Gasteiger partial charge is 0.251 e. The Morgan fingerprint density at radius 2 is 1.92 bits per heavy atom. The highest BCUT2D eigenvalue weighted by Crippen LogP contribution is 2.09. The van der Waals surface area contributed by atoms with Crippen molar-refractivity contribution in [2.24, 2.45) is 7.05 Å². The zero-order valence-electron chi connectivity index (χ0n) is 14.2. The lowest BCUT2D eigenvalue weighted by atomic mass is 10.1. The van der Waals surface area contributed by atoms with Crippen LogP contribution in [0.25, 0.3) is 0 Å². The van der Waals surface area contributed by atoms with Crippen LogP contribution in [0.4, 0.5) is 0 Å². The van der Waals surface area contributed by atoms with Crippen LogP contribution in [-0.4, -0.2) is 25.5 Å². The summed E-state index contributed by atoms with van der Waals surface area (Å²) in [5.41, 5.74) is 4.87. The highest BCUT2D eigenvalue weighted by atomic mass is 16.1. The first-order chi connectivity index (χ1) is 11.5. The molecule has 0 aliphatic rings. The molecule has 0 bridgehead atoms. The zero-order valence-corrected chi connectivity index (χ0v) is 14.2. The van der Waals surface area contributed by atoms with Crippen molar-refractivity contribution in [3.63, 3.8) is 0 Å². The number of nitrogens with zero attached hydrogens (tertiary/aromatic N) is 4. The molecule has 2 aromatic heterocycles. The number of benzene rings is 1. The first-order valence-corrected chi connectivity index (χ1v) is 7.88. The van der Waals surface area contributed by atoms with Crippen LogP contribution in [-0.2, 0) is 20.1 Å². The Hall–Kier alpha value is -2.89. The molecule has 0 spiro atoms. The molecule has 0 fully saturated rings. The van der Waals surface area contributed by atoms with Gasteiger partial charge in [0, 0.05) is 24.5 Å². The fraction of sp³-hybridized carbons (Fsp3) is 0.278. The van der Waals surface area contributed by atoms with Gasteiger partial charge in [0.15, 0.2) is 0 Å². The average molecular weight is 323 g/mol. The molecule has 3 aromatic rings. The number of amides is 1. The Kier molecular flexibility index (Phi) is 4.46. The lowest BCUT2D eigenvalue weighted by Crippen LogP contribution is -2.24. The summed E-state index contributed by atoms with van der Waals surface area (Å²) < 4.78 is 3.71. The molecular weight excluding hydrogens is 302 g/mol. The van der Waals surface area contributed by atoms with Gasteiger partial charge in [-0.05, 0) is 43.7 Å². The van der Waals surface area contributed by atoms with Crippen molar-refractivity contribution in [2.45, 2.75) is 26.9 Å². The zero-order chi connectivity index (χ0) is 17.1. The average Bonchev–Trinajstić information content (AvgIpc) is 3.11. The van der Waals surface area contributed by atoms with Crippen LogP contribution in [0.2, 0.25) is 0 Å². The molecule has 0 aliphatic heterocycles. The van der Waals surface area contributed by atoms with Crippen molar-refractivity contribution in [3.8, 4) is 0 Å². The molecule has 1 amide bonds. The number of carbonyl (C=O) groups excluding carboxylic acids is 1. The van der Waals surface area contributed by atoms with Gasteiger partial charge in [0.1, 0.15) is 0 Å². The van der Waals surface area contributed by atoms with Crippen LogP contribution in [0.1, 0.15) is 33.0 Å². The number of hydrogen-bond acceptors (Lipinski definition) is 3. The summed E-state index contributed by atoms with van der Waals surface area (Å²) in [5, 5.41) is 11.4. The van der Waals surface area contributed by atoms with Crippen molar-refractivity contribution >= 4 is 5.91 Å². The summed E-state index contributed by atoms with van der Waals surface area (Å²) in [6, 6.07) is 11.6. The number of aryl methyl sites for hydroxylation is 3. The second-order valence-electron chi connectivity index (χ2n) is 5.91. The number of nitrogens with one attached hydrogen (secondary N) is 1. The Bertz CT molecular complexity index is 845. The van der Waals surface area contributed by atoms with Gasteiger partial charge < -0.3 is 5.32 Å². The van der Waals surface area contributed by atoms with Gasteiger partial charge in [-0.15, -0.1) is 0 Å². The summed E-state index contributed by atoms with van der Waals surface area (Å²) in [5.74, 6) is -0.0890. The molecule has 6 heteroatoms. The third kappa shape index (κ3) is 3.53. The van der Waals surface area contributed by atoms with Gasteiger partial charge in [-0.3, -0.25) is 14.2 Å². The third-order valence-electron chi connectivity index (χ3n) is 4.00. The standard InChI is InChI=1S/C18H21N5O/c1-13-10-14(2)23(21-13)12-15-4-6-16(7-5-15)18(24)19-11-17-8-9-20-22(17)3/h4-10H,11-12H2,1-3H3,(H,19,24). The Labute approximate surface area is 141 Å². The predicted octanol–water partition coefficient (Wildman–Crippen LogP) is 2.21. The molecule has 2 heterocycles. The van der Waals surface area contributed by atoms with Gasteiger partial charge in [-0.1, -0.05) is 12.1 Å². The molecule has 0 atom stereocenters. The number of hydrogen-bond donors (Lipinski definition) is 1. The molecule has 0 radical (unpaired) electrons. The fourth-order valence-corrected chi connectivity index (χ4v) is 2.62. The van der Waals surface area contributed by atoms with Crippen molar-refractivity contribution in [2.75, 3.05) is 0 Å². The van der Waals surface area contributed by atoms with Gasteiger partial charge in [-0.2, -0.15) is 10.2 Å². The van der Waals surface area contributed by atoms with E-state index in [0.29, 0.717) is 18.7 Å². The second-order valence-corrected chi connectivity index (χ2v) is 5.91. The molecular formula is C18H21N5O. The van der Waals surface area contributed by atoms with Crippen LogP contribution >= 0.6 is 0 Å². The summed E-state index contributed by atoms with van der Waals surface area (Å²) in [4.78, 5) is 12.2. The first kappa shape index (κ1) is 16.0. The van der Waals surface area contributed by atoms with Crippen LogP contribution in [0.3, 0.4) is 0 Å². The van der Waals surface area contributed by atoms with Crippen LogP contribution in [0, 0.1) is 13.8 Å². The molecule has 6 nitrogen and oxygen atoms in total. The quantitative estimate of drug-likeness (QED) is 0.783. The lowest BCUT2D eigenvalue weighted by Gasteiger charge is -2.08. The molecule has 1 N–H and O–H groups in total. The van der Waals surface area contributed by atoms with Gasteiger partial charge in [-0.25, -0.2) is 0 Å². The number of carbonyl (C=O) groups is 1. The van der Waals surface area contributed by atoms with Gasteiger partial charge in [0.2, 0.25) is 0 Å². The topological polar surface area (TPSA) is 64.7 Å². The van der Waals surface area contributed by atoms with Crippen LogP contribution in [0.15, 0.2) is 42.6 Å². The Morgan fingerprint density at radius 3 is 2.50 bits per heavy atom. The predicted molar refractivity (Wildman–Crippen MR) is 91.6 cm³/mol. The SMILES string of the molecule is Cc1cc(C)n(Cc2ccc(C(=O)NCc3ccnn3C)cc2)n1. The molecule has 3 rings (SSSR count). The van der Waals surface area contributed by atoms with E-state index in [2.05, 4.69) is 21.6 Å². The van der Waals surface area contributed by atoms with E-state index in [9.17, 15) is 4.79 Å². The summed E-state index contributed by atoms with van der Waals surface area (Å²) in [6.07, 6.45) is 1.72. The van der Waals surface area contributed by atoms with E-state index in [1.807, 2.05) is 55.9 Å². The van der Waals surface area contributed by atoms with E-state index in [-0.39, 0.29) is 5.91 Å². The van der Waals surface area contributed by atoms with E-state index in [1.54, 1.807) is 10.9 Å². The molecule has 124 valence electrons. The summed E-state index contributed by atoms with van der Waals surface area (Å²) in [7, 11) is 1.86. The van der Waals surface area contributed by atoms with E-state index in [0.717, 1.165) is 22.6 Å². The normalized spacial score (nSPS) is 10.8. The Balaban J connectivity index is 1.62. The van der Waals surface area contributed by atoms with Crippen molar-refractivity contribution in [1.29, 1.82) is 0 Å². The summed E-state index contributed by atoms with van der Waals surface area (Å²) in [6.45, 7) is 5.19. The minimum atomic E-state index is -0.0890. The third-order valence-corrected chi connectivity index (χ3v) is 4.00. The van der Waals surface area contributed by atoms with Gasteiger partial charge in [0.05, 0.1) is 24.5 Å². The molecule has 0 aliphatic carbocycles. The highest BCUT2D eigenvalue weighted by Gasteiger charge is 2.07. The monoisotopic (exact) mass is 323 g/mol. The molecule has 0 saturated carbocycles. The van der Waals surface area contributed by atoms with E-state index in [1.165, 1.54) is 0 Å². The minimum absolute atomic E-state index is 0.0890. The maximum atomic E-state index is 12.2. The number of aromatic nitrogens is 4. The molecule has 1 aromatic carbocycles. The van der Waals surface area contributed by atoms with Crippen LogP contribution < -0.4 is 5.32 Å². The van der Waals surface area contributed by atoms with Gasteiger partial charge in [0.25, 0.3) is 5.91 Å². The second kappa shape index (κ2) is 6.70. The number of rotatable bonds is 5. The first-order valence-electron chi connectivity index (χ1n) is 7.88. The van der Waals surface area contributed by atoms with E-state index in [4.69, 9.17) is 0 Å². The summed E-state index contributed by atoms with van der Waals surface area (Å²) >= 11 is 0. The minimum Gasteiger partial charge on any atom is -0.346 e. The largest absolute Gasteiger partial charge is 0.346 e. The molecule has 24 heavy (non-hydrogen) atoms. The van der Waals surface area contributed by atoms with Crippen molar-refractivity contribution in [3.05, 3.63) is 70.8 Å². The fourth-order valence-electron chi connectivity index (χ4n) is 2.62. The maximum absolute atomic E-state index is 12.2. The highest BCUT2D eigenvalue weighted by molar-refractivity contribution is 5.94. The van der Waals surface area contributed by atoms with E-state index < -0.39 is 0 Å². The van der Waals surface area contributed by atoms with Crippen molar-refractivity contribution in [1.82, 2.24) is 24.9 Å². The van der Waals surface area contributed by atoms with Crippen molar-refractivity contribution < 1.29 is 4.79 Å². The Morgan fingerprint density at radius 1 is 1.17 bits per heavy atom.